The Bertz CT molecular complexity index is 271. The molecule has 0 saturated carbocycles. The molecule has 1 aliphatic heterocycles. The number of aryl methyl sites for hydroxylation is 2. The molecule has 0 unspecified atom stereocenters. The lowest BCUT2D eigenvalue weighted by molar-refractivity contribution is 0.731. The molecule has 2 rings (SSSR count). The molecule has 2 heterocycles. The third-order valence-electron chi connectivity index (χ3n) is 2.41. The zero-order chi connectivity index (χ0) is 8.55. The van der Waals surface area contributed by atoms with Gasteiger partial charge in [-0.2, -0.15) is 5.10 Å². The number of anilines is 1. The van der Waals surface area contributed by atoms with Gasteiger partial charge < -0.3 is 4.90 Å². The summed E-state index contributed by atoms with van der Waals surface area (Å²) >= 11 is 0. The fourth-order valence-electron chi connectivity index (χ4n) is 1.84. The van der Waals surface area contributed by atoms with Crippen LogP contribution in [0.5, 0.6) is 0 Å². The first-order valence-corrected chi connectivity index (χ1v) is 4.53. The number of hydrogen-bond donors (Lipinski definition) is 0. The number of hydrogen-bond acceptors (Lipinski definition) is 2. The van der Waals surface area contributed by atoms with Crippen molar-refractivity contribution in [2.24, 2.45) is 7.05 Å². The van der Waals surface area contributed by atoms with Gasteiger partial charge in [0.2, 0.25) is 0 Å². The molecule has 0 radical (unpaired) electrons. The zero-order valence-electron chi connectivity index (χ0n) is 7.75. The van der Waals surface area contributed by atoms with Crippen molar-refractivity contribution in [1.82, 2.24) is 9.78 Å². The largest absolute Gasteiger partial charge is 0.357 e. The minimum Gasteiger partial charge on any atom is -0.357 e. The van der Waals surface area contributed by atoms with Gasteiger partial charge in [-0.15, -0.1) is 0 Å². The molecule has 3 heteroatoms. The van der Waals surface area contributed by atoms with E-state index in [1.54, 1.807) is 0 Å². The fourth-order valence-corrected chi connectivity index (χ4v) is 1.84. The van der Waals surface area contributed by atoms with Crippen LogP contribution in [-0.4, -0.2) is 22.9 Å². The molecule has 12 heavy (non-hydrogen) atoms. The van der Waals surface area contributed by atoms with Gasteiger partial charge >= 0.3 is 0 Å². The predicted molar refractivity (Wildman–Crippen MR) is 49.4 cm³/mol. The number of rotatable bonds is 1. The van der Waals surface area contributed by atoms with Gasteiger partial charge in [0.25, 0.3) is 0 Å². The summed E-state index contributed by atoms with van der Waals surface area (Å²) in [7, 11) is 2.01. The molecule has 0 aromatic carbocycles. The lowest BCUT2D eigenvalue weighted by Crippen LogP contribution is -2.20. The standard InChI is InChI=1S/C9H15N3/c1-8-7-9(11(2)10-8)12-5-3-4-6-12/h7H,3-6H2,1-2H3. The van der Waals surface area contributed by atoms with E-state index < -0.39 is 0 Å². The van der Waals surface area contributed by atoms with E-state index in [0.717, 1.165) is 5.69 Å². The van der Waals surface area contributed by atoms with Crippen LogP contribution in [0.2, 0.25) is 0 Å². The van der Waals surface area contributed by atoms with E-state index in [-0.39, 0.29) is 0 Å². The average Bonchev–Trinajstić information content (AvgIpc) is 2.58. The normalized spacial score (nSPS) is 17.3. The summed E-state index contributed by atoms with van der Waals surface area (Å²) in [5.41, 5.74) is 1.11. The summed E-state index contributed by atoms with van der Waals surface area (Å²) in [5.74, 6) is 1.27. The predicted octanol–water partition coefficient (Wildman–Crippen LogP) is 1.33. The van der Waals surface area contributed by atoms with E-state index >= 15 is 0 Å². The Kier molecular flexibility index (Phi) is 1.79. The summed E-state index contributed by atoms with van der Waals surface area (Å²) in [4.78, 5) is 2.40. The molecule has 1 saturated heterocycles. The van der Waals surface area contributed by atoms with Crippen molar-refractivity contribution in [1.29, 1.82) is 0 Å². The molecule has 1 fully saturated rings. The van der Waals surface area contributed by atoms with Crippen LogP contribution in [-0.2, 0) is 7.05 Å². The van der Waals surface area contributed by atoms with Crippen LogP contribution in [0, 0.1) is 6.92 Å². The number of aromatic nitrogens is 2. The van der Waals surface area contributed by atoms with Crippen molar-refractivity contribution in [3.8, 4) is 0 Å². The van der Waals surface area contributed by atoms with Gasteiger partial charge in [0.15, 0.2) is 0 Å². The molecule has 3 nitrogen and oxygen atoms in total. The molecule has 0 spiro atoms. The van der Waals surface area contributed by atoms with Gasteiger partial charge in [0.1, 0.15) is 5.82 Å². The Hall–Kier alpha value is -0.990. The highest BCUT2D eigenvalue weighted by Gasteiger charge is 2.15. The second-order valence-electron chi connectivity index (χ2n) is 3.46. The third kappa shape index (κ3) is 1.19. The van der Waals surface area contributed by atoms with Gasteiger partial charge in [0.05, 0.1) is 5.69 Å². The van der Waals surface area contributed by atoms with Crippen LogP contribution in [0.25, 0.3) is 0 Å². The monoisotopic (exact) mass is 165 g/mol. The molecule has 1 aromatic rings. The van der Waals surface area contributed by atoms with Gasteiger partial charge in [-0.1, -0.05) is 0 Å². The SMILES string of the molecule is Cc1cc(N2CCCC2)n(C)n1. The highest BCUT2D eigenvalue weighted by molar-refractivity contribution is 5.41. The zero-order valence-corrected chi connectivity index (χ0v) is 7.75. The summed E-state index contributed by atoms with van der Waals surface area (Å²) in [6.45, 7) is 4.43. The lowest BCUT2D eigenvalue weighted by Gasteiger charge is -2.16. The summed E-state index contributed by atoms with van der Waals surface area (Å²) in [5, 5.41) is 4.33. The molecule has 0 amide bonds. The Balaban J connectivity index is 2.25. The molecule has 0 aliphatic carbocycles. The van der Waals surface area contributed by atoms with E-state index in [4.69, 9.17) is 0 Å². The van der Waals surface area contributed by atoms with E-state index in [2.05, 4.69) is 16.1 Å². The van der Waals surface area contributed by atoms with Crippen LogP contribution in [0.1, 0.15) is 18.5 Å². The van der Waals surface area contributed by atoms with Crippen molar-refractivity contribution in [3.63, 3.8) is 0 Å². The highest BCUT2D eigenvalue weighted by Crippen LogP contribution is 2.19. The molecular formula is C9H15N3. The van der Waals surface area contributed by atoms with Gasteiger partial charge in [-0.3, -0.25) is 4.68 Å². The van der Waals surface area contributed by atoms with Crippen molar-refractivity contribution in [3.05, 3.63) is 11.8 Å². The Morgan fingerprint density at radius 3 is 2.50 bits per heavy atom. The summed E-state index contributed by atoms with van der Waals surface area (Å²) in [6, 6.07) is 2.16. The topological polar surface area (TPSA) is 21.1 Å². The fraction of sp³-hybridized carbons (Fsp3) is 0.667. The maximum atomic E-state index is 4.33. The Labute approximate surface area is 73.0 Å². The first-order chi connectivity index (χ1) is 5.77. The minimum atomic E-state index is 1.11. The second-order valence-corrected chi connectivity index (χ2v) is 3.46. The third-order valence-corrected chi connectivity index (χ3v) is 2.41. The minimum absolute atomic E-state index is 1.11. The first kappa shape index (κ1) is 7.65. The highest BCUT2D eigenvalue weighted by atomic mass is 15.4. The summed E-state index contributed by atoms with van der Waals surface area (Å²) in [6.07, 6.45) is 2.65. The average molecular weight is 165 g/mol. The molecule has 1 aromatic heterocycles. The van der Waals surface area contributed by atoms with Gasteiger partial charge in [-0.25, -0.2) is 0 Å². The smallest absolute Gasteiger partial charge is 0.126 e. The molecule has 0 N–H and O–H groups in total. The Morgan fingerprint density at radius 2 is 2.00 bits per heavy atom. The van der Waals surface area contributed by atoms with Crippen molar-refractivity contribution in [2.75, 3.05) is 18.0 Å². The lowest BCUT2D eigenvalue weighted by atomic mass is 10.4. The van der Waals surface area contributed by atoms with Crippen LogP contribution in [0.3, 0.4) is 0 Å². The van der Waals surface area contributed by atoms with Crippen LogP contribution < -0.4 is 4.90 Å². The molecular weight excluding hydrogens is 150 g/mol. The summed E-state index contributed by atoms with van der Waals surface area (Å²) < 4.78 is 1.97. The van der Waals surface area contributed by atoms with Crippen molar-refractivity contribution < 1.29 is 0 Å². The van der Waals surface area contributed by atoms with E-state index in [0.29, 0.717) is 0 Å². The van der Waals surface area contributed by atoms with E-state index in [1.807, 2.05) is 18.7 Å². The van der Waals surface area contributed by atoms with Crippen LogP contribution >= 0.6 is 0 Å². The quantitative estimate of drug-likeness (QED) is 0.626. The molecule has 66 valence electrons. The molecule has 0 bridgehead atoms. The van der Waals surface area contributed by atoms with Gasteiger partial charge in [-0.05, 0) is 19.8 Å². The molecule has 0 atom stereocenters. The van der Waals surface area contributed by atoms with Crippen molar-refractivity contribution in [2.45, 2.75) is 19.8 Å². The molecule has 1 aliphatic rings. The van der Waals surface area contributed by atoms with Crippen LogP contribution in [0.4, 0.5) is 5.82 Å². The van der Waals surface area contributed by atoms with Gasteiger partial charge in [0, 0.05) is 26.2 Å². The van der Waals surface area contributed by atoms with E-state index in [1.165, 1.54) is 31.7 Å². The van der Waals surface area contributed by atoms with Crippen molar-refractivity contribution >= 4 is 5.82 Å². The second kappa shape index (κ2) is 2.81. The number of nitrogens with zero attached hydrogens (tertiary/aromatic N) is 3. The van der Waals surface area contributed by atoms with Crippen LogP contribution in [0.15, 0.2) is 6.07 Å². The first-order valence-electron chi connectivity index (χ1n) is 4.53. The Morgan fingerprint density at radius 1 is 1.33 bits per heavy atom. The maximum Gasteiger partial charge on any atom is 0.126 e. The van der Waals surface area contributed by atoms with E-state index in [9.17, 15) is 0 Å². The maximum absolute atomic E-state index is 4.33.